The average molecular weight is 574 g/mol. The first kappa shape index (κ1) is 26.4. The molecule has 2 aromatic rings. The lowest BCUT2D eigenvalue weighted by atomic mass is 10.2. The smallest absolute Gasteiger partial charge is 0.266 e. The van der Waals surface area contributed by atoms with Crippen molar-refractivity contribution >= 4 is 56.4 Å². The molecule has 0 bridgehead atoms. The molecule has 0 atom stereocenters. The molecule has 0 spiro atoms. The summed E-state index contributed by atoms with van der Waals surface area (Å²) in [5.74, 6) is 0.387. The lowest BCUT2D eigenvalue weighted by molar-refractivity contribution is -0.137. The number of thioether (sulfide) groups is 1. The van der Waals surface area contributed by atoms with Gasteiger partial charge in [0.05, 0.1) is 41.4 Å². The Balaban J connectivity index is 1.46. The second kappa shape index (κ2) is 13.0. The number of amides is 2. The maximum Gasteiger partial charge on any atom is 0.266 e. The highest BCUT2D eigenvalue weighted by Gasteiger charge is 2.33. The van der Waals surface area contributed by atoms with Gasteiger partial charge in [-0.1, -0.05) is 24.3 Å². The van der Waals surface area contributed by atoms with Crippen LogP contribution in [0.25, 0.3) is 6.08 Å². The fourth-order valence-corrected chi connectivity index (χ4v) is 5.16. The Kier molecular flexibility index (Phi) is 9.57. The van der Waals surface area contributed by atoms with Gasteiger partial charge >= 0.3 is 0 Å². The van der Waals surface area contributed by atoms with Crippen molar-refractivity contribution in [2.75, 3.05) is 52.7 Å². The Morgan fingerprint density at radius 2 is 1.97 bits per heavy atom. The van der Waals surface area contributed by atoms with Crippen molar-refractivity contribution in [1.29, 1.82) is 0 Å². The van der Waals surface area contributed by atoms with Crippen LogP contribution in [-0.4, -0.2) is 79.5 Å². The number of nitrogens with zero attached hydrogens (tertiary/aromatic N) is 3. The van der Waals surface area contributed by atoms with E-state index in [1.807, 2.05) is 55.5 Å². The Labute approximate surface area is 223 Å². The lowest BCUT2D eigenvalue weighted by Gasteiger charge is -2.26. The summed E-state index contributed by atoms with van der Waals surface area (Å²) < 4.78 is 17.2. The van der Waals surface area contributed by atoms with Gasteiger partial charge in [-0.05, 0) is 70.5 Å². The first-order valence-corrected chi connectivity index (χ1v) is 13.4. The van der Waals surface area contributed by atoms with Crippen molar-refractivity contribution in [3.05, 3.63) is 63.5 Å². The minimum atomic E-state index is -0.109. The number of carbonyl (C=O) groups is 2. The van der Waals surface area contributed by atoms with Gasteiger partial charge in [0.25, 0.3) is 11.8 Å². The van der Waals surface area contributed by atoms with Crippen LogP contribution < -0.4 is 4.74 Å². The SMILES string of the molecule is CCOCCN1C(=O)/C(=C/c2ccc(OCC(=O)N3CCOCC3)c(Br)c2)SC1=Nc1ccccc1. The maximum absolute atomic E-state index is 13.2. The monoisotopic (exact) mass is 573 g/mol. The highest BCUT2D eigenvalue weighted by molar-refractivity contribution is 9.10. The molecular formula is C26H28BrN3O5S. The van der Waals surface area contributed by atoms with Gasteiger partial charge in [0, 0.05) is 19.7 Å². The number of amidine groups is 1. The van der Waals surface area contributed by atoms with Crippen molar-refractivity contribution in [3.8, 4) is 5.75 Å². The van der Waals surface area contributed by atoms with Crippen molar-refractivity contribution in [2.24, 2.45) is 4.99 Å². The first-order valence-electron chi connectivity index (χ1n) is 11.8. The number of hydrogen-bond acceptors (Lipinski definition) is 7. The van der Waals surface area contributed by atoms with E-state index in [0.29, 0.717) is 66.4 Å². The molecule has 8 nitrogen and oxygen atoms in total. The lowest BCUT2D eigenvalue weighted by Crippen LogP contribution is -2.43. The third-order valence-electron chi connectivity index (χ3n) is 5.50. The molecule has 190 valence electrons. The van der Waals surface area contributed by atoms with Gasteiger partial charge in [-0.25, -0.2) is 4.99 Å². The third-order valence-corrected chi connectivity index (χ3v) is 7.13. The van der Waals surface area contributed by atoms with Crippen LogP contribution in [0.3, 0.4) is 0 Å². The highest BCUT2D eigenvalue weighted by Crippen LogP contribution is 2.35. The Morgan fingerprint density at radius 1 is 1.19 bits per heavy atom. The summed E-state index contributed by atoms with van der Waals surface area (Å²) in [5, 5.41) is 0.623. The second-order valence-corrected chi connectivity index (χ2v) is 9.83. The van der Waals surface area contributed by atoms with E-state index in [1.54, 1.807) is 15.9 Å². The normalized spacial score (nSPS) is 18.3. The average Bonchev–Trinajstić information content (AvgIpc) is 3.18. The summed E-state index contributed by atoms with van der Waals surface area (Å²) >= 11 is 4.87. The van der Waals surface area contributed by atoms with Crippen molar-refractivity contribution < 1.29 is 23.8 Å². The van der Waals surface area contributed by atoms with Gasteiger partial charge in [0.1, 0.15) is 5.75 Å². The summed E-state index contributed by atoms with van der Waals surface area (Å²) in [6, 6.07) is 15.1. The standard InChI is InChI=1S/C26H28BrN3O5S/c1-2-33-15-12-30-25(32)23(36-26(30)28-20-6-4-3-5-7-20)17-19-8-9-22(21(27)16-19)35-18-24(31)29-10-13-34-14-11-29/h3-9,16-17H,2,10-15,18H2,1H3/b23-17-,28-26?. The maximum atomic E-state index is 13.2. The highest BCUT2D eigenvalue weighted by atomic mass is 79.9. The molecule has 0 unspecified atom stereocenters. The van der Waals surface area contributed by atoms with Crippen LogP contribution in [-0.2, 0) is 19.1 Å². The number of benzene rings is 2. The molecule has 2 aliphatic rings. The number of aliphatic imine (C=N–C) groups is 1. The number of halogens is 1. The van der Waals surface area contributed by atoms with E-state index < -0.39 is 0 Å². The second-order valence-electron chi connectivity index (χ2n) is 7.97. The fraction of sp³-hybridized carbons (Fsp3) is 0.346. The van der Waals surface area contributed by atoms with Gasteiger partial charge in [-0.15, -0.1) is 0 Å². The fourth-order valence-electron chi connectivity index (χ4n) is 3.62. The van der Waals surface area contributed by atoms with Crippen LogP contribution in [0.2, 0.25) is 0 Å². The zero-order valence-corrected chi connectivity index (χ0v) is 22.4. The quantitative estimate of drug-likeness (QED) is 0.328. The molecule has 0 N–H and O–H groups in total. The number of ether oxygens (including phenoxy) is 3. The van der Waals surface area contributed by atoms with Crippen LogP contribution in [0.5, 0.6) is 5.75 Å². The number of hydrogen-bond donors (Lipinski definition) is 0. The van der Waals surface area contributed by atoms with Gasteiger partial charge in [0.2, 0.25) is 0 Å². The van der Waals surface area contributed by atoms with E-state index in [1.165, 1.54) is 11.8 Å². The number of carbonyl (C=O) groups excluding carboxylic acids is 2. The zero-order valence-electron chi connectivity index (χ0n) is 20.0. The largest absolute Gasteiger partial charge is 0.483 e. The van der Waals surface area contributed by atoms with Crippen LogP contribution in [0.15, 0.2) is 62.9 Å². The molecule has 10 heteroatoms. The molecule has 2 aliphatic heterocycles. The summed E-state index contributed by atoms with van der Waals surface area (Å²) in [6.45, 7) is 5.60. The molecule has 0 saturated carbocycles. The Bertz CT molecular complexity index is 1140. The third kappa shape index (κ3) is 6.97. The van der Waals surface area contributed by atoms with E-state index in [9.17, 15) is 9.59 Å². The van der Waals surface area contributed by atoms with E-state index in [-0.39, 0.29) is 18.4 Å². The number of para-hydroxylation sites is 1. The van der Waals surface area contributed by atoms with Crippen LogP contribution in [0, 0.1) is 0 Å². The van der Waals surface area contributed by atoms with Gasteiger partial charge < -0.3 is 19.1 Å². The predicted molar refractivity (Wildman–Crippen MR) is 144 cm³/mol. The molecule has 0 aliphatic carbocycles. The molecule has 2 amide bonds. The van der Waals surface area contributed by atoms with Gasteiger partial charge in [0.15, 0.2) is 11.8 Å². The van der Waals surface area contributed by atoms with Crippen molar-refractivity contribution in [3.63, 3.8) is 0 Å². The molecule has 0 aromatic heterocycles. The van der Waals surface area contributed by atoms with Crippen molar-refractivity contribution in [1.82, 2.24) is 9.80 Å². The molecule has 2 aromatic carbocycles. The van der Waals surface area contributed by atoms with Crippen LogP contribution in [0.4, 0.5) is 5.69 Å². The van der Waals surface area contributed by atoms with E-state index in [0.717, 1.165) is 11.3 Å². The molecule has 2 fully saturated rings. The minimum Gasteiger partial charge on any atom is -0.483 e. The topological polar surface area (TPSA) is 80.7 Å². The van der Waals surface area contributed by atoms with Gasteiger partial charge in [-0.2, -0.15) is 0 Å². The first-order chi connectivity index (χ1) is 17.5. The van der Waals surface area contributed by atoms with Crippen molar-refractivity contribution in [2.45, 2.75) is 6.92 Å². The molecule has 0 radical (unpaired) electrons. The number of morpholine rings is 1. The Morgan fingerprint density at radius 3 is 2.69 bits per heavy atom. The van der Waals surface area contributed by atoms with Crippen LogP contribution in [0.1, 0.15) is 12.5 Å². The Hall–Kier alpha value is -2.66. The summed E-state index contributed by atoms with van der Waals surface area (Å²) in [6.07, 6.45) is 1.83. The molecule has 4 rings (SSSR count). The van der Waals surface area contributed by atoms with Gasteiger partial charge in [-0.3, -0.25) is 14.5 Å². The summed E-state index contributed by atoms with van der Waals surface area (Å²) in [7, 11) is 0. The molecular weight excluding hydrogens is 546 g/mol. The predicted octanol–water partition coefficient (Wildman–Crippen LogP) is 4.33. The van der Waals surface area contributed by atoms with Crippen LogP contribution >= 0.6 is 27.7 Å². The zero-order chi connectivity index (χ0) is 25.3. The summed E-state index contributed by atoms with van der Waals surface area (Å²) in [5.41, 5.74) is 1.61. The minimum absolute atomic E-state index is 0.0402. The number of rotatable bonds is 9. The molecule has 2 saturated heterocycles. The molecule has 2 heterocycles. The van der Waals surface area contributed by atoms with E-state index in [4.69, 9.17) is 14.2 Å². The summed E-state index contributed by atoms with van der Waals surface area (Å²) in [4.78, 5) is 34.2. The van der Waals surface area contributed by atoms with E-state index in [2.05, 4.69) is 20.9 Å². The molecule has 36 heavy (non-hydrogen) atoms. The van der Waals surface area contributed by atoms with E-state index >= 15 is 0 Å².